The van der Waals surface area contributed by atoms with Gasteiger partial charge in [0.1, 0.15) is 5.75 Å². The Morgan fingerprint density at radius 1 is 1.15 bits per heavy atom. The van der Waals surface area contributed by atoms with Crippen LogP contribution in [0.3, 0.4) is 0 Å². The third-order valence-electron chi connectivity index (χ3n) is 3.59. The van der Waals surface area contributed by atoms with Crippen LogP contribution in [-0.4, -0.2) is 22.7 Å². The number of nitrogens with zero attached hydrogens (tertiary/aromatic N) is 2. The number of nitrogens with one attached hydrogen (secondary N) is 1. The van der Waals surface area contributed by atoms with E-state index in [9.17, 15) is 4.79 Å². The minimum absolute atomic E-state index is 0.113. The summed E-state index contributed by atoms with van der Waals surface area (Å²) in [6.07, 6.45) is 0.640. The van der Waals surface area contributed by atoms with E-state index >= 15 is 0 Å². The number of carbonyl (C=O) groups excluding carboxylic acids is 1. The molecule has 134 valence electrons. The molecular weight excluding hydrogens is 398 g/mol. The first-order valence-corrected chi connectivity index (χ1v) is 9.04. The van der Waals surface area contributed by atoms with Crippen LogP contribution in [0.1, 0.15) is 19.2 Å². The van der Waals surface area contributed by atoms with Crippen molar-refractivity contribution in [2.75, 3.05) is 11.9 Å². The van der Waals surface area contributed by atoms with Crippen LogP contribution in [0, 0.1) is 0 Å². The van der Waals surface area contributed by atoms with Gasteiger partial charge in [0.25, 0.3) is 0 Å². The Morgan fingerprint density at radius 2 is 1.88 bits per heavy atom. The molecule has 0 fully saturated rings. The molecular formula is C19H18BrN3O3. The number of anilines is 1. The summed E-state index contributed by atoms with van der Waals surface area (Å²) in [5, 5.41) is 6.79. The van der Waals surface area contributed by atoms with Gasteiger partial charge < -0.3 is 14.6 Å². The van der Waals surface area contributed by atoms with Crippen molar-refractivity contribution in [3.8, 4) is 17.1 Å². The van der Waals surface area contributed by atoms with Crippen molar-refractivity contribution < 1.29 is 14.1 Å². The van der Waals surface area contributed by atoms with Gasteiger partial charge in [0.2, 0.25) is 17.6 Å². The fraction of sp³-hybridized carbons (Fsp3) is 0.211. The van der Waals surface area contributed by atoms with E-state index in [2.05, 4.69) is 31.4 Å². The average Bonchev–Trinajstić information content (AvgIpc) is 3.11. The van der Waals surface area contributed by atoms with Crippen LogP contribution in [0.15, 0.2) is 57.5 Å². The van der Waals surface area contributed by atoms with Gasteiger partial charge in [-0.05, 0) is 55.5 Å². The highest BCUT2D eigenvalue weighted by Gasteiger charge is 2.11. The second-order valence-corrected chi connectivity index (χ2v) is 6.44. The maximum absolute atomic E-state index is 12.1. The summed E-state index contributed by atoms with van der Waals surface area (Å²) in [5.41, 5.74) is 1.58. The van der Waals surface area contributed by atoms with Crippen LogP contribution in [0.4, 0.5) is 5.69 Å². The standard InChI is InChI=1S/C19H18BrN3O3/c1-2-25-16-9-7-15(8-10-16)21-17(24)11-12-18-22-19(23-26-18)13-3-5-14(20)6-4-13/h3-10H,2,11-12H2,1H3,(H,21,24). The summed E-state index contributed by atoms with van der Waals surface area (Å²) in [4.78, 5) is 16.4. The molecule has 0 atom stereocenters. The van der Waals surface area contributed by atoms with E-state index in [1.54, 1.807) is 12.1 Å². The van der Waals surface area contributed by atoms with Gasteiger partial charge in [-0.25, -0.2) is 0 Å². The number of carbonyl (C=O) groups is 1. The van der Waals surface area contributed by atoms with Crippen LogP contribution < -0.4 is 10.1 Å². The number of amides is 1. The molecule has 0 saturated carbocycles. The topological polar surface area (TPSA) is 77.2 Å². The second-order valence-electron chi connectivity index (χ2n) is 5.52. The maximum atomic E-state index is 12.1. The van der Waals surface area contributed by atoms with Gasteiger partial charge in [0.15, 0.2) is 0 Å². The predicted octanol–water partition coefficient (Wildman–Crippen LogP) is 4.47. The Morgan fingerprint density at radius 3 is 2.58 bits per heavy atom. The number of rotatable bonds is 7. The lowest BCUT2D eigenvalue weighted by Crippen LogP contribution is -2.12. The largest absolute Gasteiger partial charge is 0.494 e. The van der Waals surface area contributed by atoms with E-state index in [0.717, 1.165) is 21.5 Å². The molecule has 1 aromatic heterocycles. The van der Waals surface area contributed by atoms with Gasteiger partial charge in [-0.15, -0.1) is 0 Å². The summed E-state index contributed by atoms with van der Waals surface area (Å²) < 4.78 is 11.6. The first-order chi connectivity index (χ1) is 12.6. The first kappa shape index (κ1) is 18.1. The summed E-state index contributed by atoms with van der Waals surface area (Å²) in [6, 6.07) is 14.9. The van der Waals surface area contributed by atoms with E-state index in [1.807, 2.05) is 43.3 Å². The Labute approximate surface area is 159 Å². The van der Waals surface area contributed by atoms with Gasteiger partial charge in [-0.1, -0.05) is 21.1 Å². The van der Waals surface area contributed by atoms with Crippen molar-refractivity contribution >= 4 is 27.5 Å². The third kappa shape index (κ3) is 4.92. The van der Waals surface area contributed by atoms with Crippen molar-refractivity contribution in [1.82, 2.24) is 10.1 Å². The number of aromatic nitrogens is 2. The second kappa shape index (κ2) is 8.62. The molecule has 3 aromatic rings. The van der Waals surface area contributed by atoms with Crippen LogP contribution in [-0.2, 0) is 11.2 Å². The molecule has 0 saturated heterocycles. The summed E-state index contributed by atoms with van der Waals surface area (Å²) in [5.74, 6) is 1.61. The predicted molar refractivity (Wildman–Crippen MR) is 102 cm³/mol. The molecule has 0 aliphatic carbocycles. The lowest BCUT2D eigenvalue weighted by Gasteiger charge is -2.06. The number of hydrogen-bond acceptors (Lipinski definition) is 5. The van der Waals surface area contributed by atoms with Crippen LogP contribution in [0.5, 0.6) is 5.75 Å². The number of ether oxygens (including phenoxy) is 1. The zero-order valence-electron chi connectivity index (χ0n) is 14.2. The zero-order chi connectivity index (χ0) is 18.4. The Hall–Kier alpha value is -2.67. The normalized spacial score (nSPS) is 10.5. The molecule has 0 bridgehead atoms. The molecule has 7 heteroatoms. The number of aryl methyl sites for hydroxylation is 1. The van der Waals surface area contributed by atoms with Crippen molar-refractivity contribution in [3.05, 3.63) is 58.9 Å². The van der Waals surface area contributed by atoms with Crippen LogP contribution in [0.25, 0.3) is 11.4 Å². The molecule has 0 radical (unpaired) electrons. The van der Waals surface area contributed by atoms with Gasteiger partial charge in [0, 0.05) is 28.6 Å². The van der Waals surface area contributed by atoms with Crippen LogP contribution >= 0.6 is 15.9 Å². The molecule has 1 N–H and O–H groups in total. The Kier molecular flexibility index (Phi) is 6.01. The third-order valence-corrected chi connectivity index (χ3v) is 4.11. The zero-order valence-corrected chi connectivity index (χ0v) is 15.8. The maximum Gasteiger partial charge on any atom is 0.227 e. The molecule has 26 heavy (non-hydrogen) atoms. The van der Waals surface area contributed by atoms with E-state index in [4.69, 9.17) is 9.26 Å². The number of halogens is 1. The smallest absolute Gasteiger partial charge is 0.227 e. The van der Waals surface area contributed by atoms with Crippen molar-refractivity contribution in [2.45, 2.75) is 19.8 Å². The van der Waals surface area contributed by atoms with Crippen LogP contribution in [0.2, 0.25) is 0 Å². The van der Waals surface area contributed by atoms with Gasteiger partial charge in [-0.2, -0.15) is 4.98 Å². The van der Waals surface area contributed by atoms with Crippen molar-refractivity contribution in [2.24, 2.45) is 0 Å². The first-order valence-electron chi connectivity index (χ1n) is 8.25. The number of benzene rings is 2. The van der Waals surface area contributed by atoms with E-state index in [1.165, 1.54) is 0 Å². The lowest BCUT2D eigenvalue weighted by atomic mass is 10.2. The average molecular weight is 416 g/mol. The summed E-state index contributed by atoms with van der Waals surface area (Å²) in [7, 11) is 0. The highest BCUT2D eigenvalue weighted by atomic mass is 79.9. The fourth-order valence-electron chi connectivity index (χ4n) is 2.32. The molecule has 2 aromatic carbocycles. The summed E-state index contributed by atoms with van der Waals surface area (Å²) >= 11 is 3.39. The number of hydrogen-bond donors (Lipinski definition) is 1. The Balaban J connectivity index is 1.52. The van der Waals surface area contributed by atoms with Gasteiger partial charge in [0.05, 0.1) is 6.61 Å². The van der Waals surface area contributed by atoms with Gasteiger partial charge in [-0.3, -0.25) is 4.79 Å². The quantitative estimate of drug-likeness (QED) is 0.615. The monoisotopic (exact) mass is 415 g/mol. The molecule has 1 amide bonds. The molecule has 0 aliphatic heterocycles. The molecule has 1 heterocycles. The van der Waals surface area contributed by atoms with Crippen molar-refractivity contribution in [3.63, 3.8) is 0 Å². The lowest BCUT2D eigenvalue weighted by molar-refractivity contribution is -0.116. The molecule has 0 aliphatic rings. The van der Waals surface area contributed by atoms with E-state index < -0.39 is 0 Å². The highest BCUT2D eigenvalue weighted by molar-refractivity contribution is 9.10. The van der Waals surface area contributed by atoms with E-state index in [0.29, 0.717) is 24.7 Å². The highest BCUT2D eigenvalue weighted by Crippen LogP contribution is 2.20. The fourth-order valence-corrected chi connectivity index (χ4v) is 2.58. The Bertz CT molecular complexity index is 860. The van der Waals surface area contributed by atoms with Crippen molar-refractivity contribution in [1.29, 1.82) is 0 Å². The summed E-state index contributed by atoms with van der Waals surface area (Å²) in [6.45, 7) is 2.54. The molecule has 0 spiro atoms. The molecule has 0 unspecified atom stereocenters. The van der Waals surface area contributed by atoms with Gasteiger partial charge >= 0.3 is 0 Å². The molecule has 3 rings (SSSR count). The van der Waals surface area contributed by atoms with E-state index in [-0.39, 0.29) is 12.3 Å². The minimum atomic E-state index is -0.113. The molecule has 6 nitrogen and oxygen atoms in total. The minimum Gasteiger partial charge on any atom is -0.494 e. The SMILES string of the molecule is CCOc1ccc(NC(=O)CCc2nc(-c3ccc(Br)cc3)no2)cc1.